The van der Waals surface area contributed by atoms with Gasteiger partial charge >= 0.3 is 0 Å². The predicted octanol–water partition coefficient (Wildman–Crippen LogP) is 6.93. The molecule has 0 radical (unpaired) electrons. The van der Waals surface area contributed by atoms with Gasteiger partial charge in [-0.2, -0.15) is 0 Å². The zero-order valence-electron chi connectivity index (χ0n) is 25.3. The molecule has 0 heterocycles. The summed E-state index contributed by atoms with van der Waals surface area (Å²) in [5, 5.41) is 14.4. The highest BCUT2D eigenvalue weighted by molar-refractivity contribution is 7.92. The number of hydrogen-bond acceptors (Lipinski definition) is 7. The monoisotopic (exact) mass is 649 g/mol. The Balaban J connectivity index is 1.66. The van der Waals surface area contributed by atoms with Crippen LogP contribution in [0, 0.1) is 17.0 Å². The molecular weight excluding hydrogens is 618 g/mol. The van der Waals surface area contributed by atoms with E-state index < -0.39 is 38.0 Å². The second kappa shape index (κ2) is 13.1. The maximum absolute atomic E-state index is 14.0. The lowest BCUT2D eigenvalue weighted by Gasteiger charge is -2.26. The van der Waals surface area contributed by atoms with Crippen LogP contribution in [0.15, 0.2) is 89.8 Å². The van der Waals surface area contributed by atoms with Gasteiger partial charge in [0, 0.05) is 33.5 Å². The Bertz CT molecular complexity index is 1890. The number of sulfonamides is 1. The van der Waals surface area contributed by atoms with Crippen LogP contribution in [-0.2, 0) is 20.2 Å². The van der Waals surface area contributed by atoms with E-state index in [4.69, 9.17) is 16.3 Å². The van der Waals surface area contributed by atoms with E-state index in [9.17, 15) is 28.1 Å². The van der Waals surface area contributed by atoms with E-state index in [-0.39, 0.29) is 38.9 Å². The van der Waals surface area contributed by atoms with Gasteiger partial charge in [0.2, 0.25) is 5.91 Å². The lowest BCUT2D eigenvalue weighted by molar-refractivity contribution is -0.385. The van der Waals surface area contributed by atoms with Crippen molar-refractivity contribution < 1.29 is 27.7 Å². The second-order valence-electron chi connectivity index (χ2n) is 11.3. The Morgan fingerprint density at radius 1 is 0.956 bits per heavy atom. The van der Waals surface area contributed by atoms with E-state index in [0.717, 1.165) is 15.9 Å². The number of rotatable bonds is 10. The summed E-state index contributed by atoms with van der Waals surface area (Å²) in [6.45, 7) is 6.98. The van der Waals surface area contributed by atoms with Gasteiger partial charge in [0.25, 0.3) is 15.7 Å². The van der Waals surface area contributed by atoms with Gasteiger partial charge in [0.05, 0.1) is 22.6 Å². The molecule has 1 amide bonds. The van der Waals surface area contributed by atoms with Gasteiger partial charge < -0.3 is 10.1 Å². The van der Waals surface area contributed by atoms with Gasteiger partial charge in [-0.3, -0.25) is 24.0 Å². The number of nitrogens with one attached hydrogen (secondary N) is 1. The molecule has 0 saturated heterocycles. The number of carbonyl (C=O) groups excluding carboxylic acids is 2. The number of carbonyl (C=O) groups is 2. The maximum Gasteiger partial charge on any atom is 0.273 e. The third kappa shape index (κ3) is 7.50. The Morgan fingerprint density at radius 3 is 2.27 bits per heavy atom. The molecule has 4 aromatic rings. The Morgan fingerprint density at radius 2 is 1.64 bits per heavy atom. The number of hydrogen-bond donors (Lipinski definition) is 1. The molecule has 0 bridgehead atoms. The summed E-state index contributed by atoms with van der Waals surface area (Å²) >= 11 is 6.20. The van der Waals surface area contributed by atoms with Crippen LogP contribution in [0.2, 0.25) is 5.02 Å². The first-order valence-electron chi connectivity index (χ1n) is 13.8. The summed E-state index contributed by atoms with van der Waals surface area (Å²) in [5.41, 5.74) is 1.89. The number of ketones is 1. The molecule has 234 valence electrons. The van der Waals surface area contributed by atoms with Crippen molar-refractivity contribution in [2.24, 2.45) is 0 Å². The molecule has 0 fully saturated rings. The molecule has 10 nitrogen and oxygen atoms in total. The first-order chi connectivity index (χ1) is 21.1. The van der Waals surface area contributed by atoms with E-state index >= 15 is 0 Å². The summed E-state index contributed by atoms with van der Waals surface area (Å²) in [6, 6.07) is 21.3. The van der Waals surface area contributed by atoms with E-state index in [1.165, 1.54) is 50.4 Å². The number of aryl methyl sites for hydroxylation is 1. The number of methoxy groups -OCH3 is 1. The summed E-state index contributed by atoms with van der Waals surface area (Å²) in [6.07, 6.45) is 0. The fourth-order valence-corrected chi connectivity index (χ4v) is 6.20. The molecular formula is C33H32ClN3O7S. The van der Waals surface area contributed by atoms with Crippen molar-refractivity contribution in [3.63, 3.8) is 0 Å². The largest absolute Gasteiger partial charge is 0.495 e. The minimum Gasteiger partial charge on any atom is -0.495 e. The molecule has 0 aromatic heterocycles. The molecule has 45 heavy (non-hydrogen) atoms. The second-order valence-corrected chi connectivity index (χ2v) is 13.6. The number of ether oxygens (including phenoxy) is 1. The molecule has 0 atom stereocenters. The van der Waals surface area contributed by atoms with Crippen molar-refractivity contribution in [2.75, 3.05) is 23.3 Å². The molecule has 1 N–H and O–H groups in total. The number of nitro groups is 1. The van der Waals surface area contributed by atoms with Gasteiger partial charge in [0.15, 0.2) is 5.78 Å². The third-order valence-electron chi connectivity index (χ3n) is 7.08. The van der Waals surface area contributed by atoms with E-state index in [1.807, 2.05) is 12.1 Å². The number of anilines is 2. The minimum atomic E-state index is -4.56. The number of nitro benzene ring substituents is 1. The fraction of sp³-hybridized carbons (Fsp3) is 0.212. The highest BCUT2D eigenvalue weighted by atomic mass is 35.5. The van der Waals surface area contributed by atoms with Crippen molar-refractivity contribution in [2.45, 2.75) is 38.0 Å². The highest BCUT2D eigenvalue weighted by Gasteiger charge is 2.31. The van der Waals surface area contributed by atoms with Crippen LogP contribution in [0.5, 0.6) is 5.75 Å². The van der Waals surface area contributed by atoms with Crippen LogP contribution < -0.4 is 14.4 Å². The van der Waals surface area contributed by atoms with Crippen LogP contribution in [0.1, 0.15) is 47.8 Å². The van der Waals surface area contributed by atoms with Crippen LogP contribution in [-0.4, -0.2) is 38.7 Å². The van der Waals surface area contributed by atoms with Crippen molar-refractivity contribution in [1.82, 2.24) is 0 Å². The highest BCUT2D eigenvalue weighted by Crippen LogP contribution is 2.36. The van der Waals surface area contributed by atoms with Gasteiger partial charge in [0.1, 0.15) is 12.3 Å². The summed E-state index contributed by atoms with van der Waals surface area (Å²) in [7, 11) is -3.23. The number of amides is 1. The molecule has 4 aromatic carbocycles. The first-order valence-corrected chi connectivity index (χ1v) is 15.6. The Hall–Kier alpha value is -4.74. The molecule has 4 rings (SSSR count). The minimum absolute atomic E-state index is 0.0500. The van der Waals surface area contributed by atoms with Crippen molar-refractivity contribution in [3.05, 3.63) is 122 Å². The van der Waals surface area contributed by atoms with Crippen LogP contribution in [0.4, 0.5) is 17.1 Å². The Kier molecular flexibility index (Phi) is 9.65. The average Bonchev–Trinajstić information content (AvgIpc) is 2.99. The molecule has 0 saturated carbocycles. The van der Waals surface area contributed by atoms with E-state index in [2.05, 4.69) is 26.1 Å². The van der Waals surface area contributed by atoms with Crippen molar-refractivity contribution in [1.29, 1.82) is 0 Å². The van der Waals surface area contributed by atoms with Crippen molar-refractivity contribution >= 4 is 50.4 Å². The van der Waals surface area contributed by atoms with Crippen LogP contribution in [0.25, 0.3) is 0 Å². The number of halogens is 1. The number of benzene rings is 4. The van der Waals surface area contributed by atoms with E-state index in [1.54, 1.807) is 30.3 Å². The maximum atomic E-state index is 14.0. The molecule has 0 aliphatic carbocycles. The van der Waals surface area contributed by atoms with Gasteiger partial charge in [-0.25, -0.2) is 8.42 Å². The topological polar surface area (TPSA) is 136 Å². The zero-order chi connectivity index (χ0) is 33.1. The summed E-state index contributed by atoms with van der Waals surface area (Å²) < 4.78 is 34.0. The van der Waals surface area contributed by atoms with Crippen LogP contribution in [0.3, 0.4) is 0 Å². The fourth-order valence-electron chi connectivity index (χ4n) is 4.59. The normalized spacial score (nSPS) is 11.5. The number of nitrogens with zero attached hydrogens (tertiary/aromatic N) is 2. The lowest BCUT2D eigenvalue weighted by Crippen LogP contribution is -2.38. The van der Waals surface area contributed by atoms with Gasteiger partial charge in [-0.15, -0.1) is 0 Å². The predicted molar refractivity (Wildman–Crippen MR) is 174 cm³/mol. The molecule has 0 aliphatic heterocycles. The third-order valence-corrected chi connectivity index (χ3v) is 9.07. The Labute approximate surface area is 266 Å². The zero-order valence-corrected chi connectivity index (χ0v) is 26.9. The van der Waals surface area contributed by atoms with Gasteiger partial charge in [-0.05, 0) is 54.3 Å². The standard InChI is InChI=1S/C33H32ClN3O7S/c1-21-9-15-27(19-28(21)37(40)41)45(42,43)36(29-18-25(34)14-16-30(29)44-5)20-31(38)35-26-8-6-7-23(17-26)32(39)22-10-12-24(13-11-22)33(2,3)4/h6-19H,20H2,1-5H3,(H,35,38). The van der Waals surface area contributed by atoms with Crippen LogP contribution >= 0.6 is 11.6 Å². The van der Waals surface area contributed by atoms with E-state index in [0.29, 0.717) is 11.1 Å². The SMILES string of the molecule is COc1ccc(Cl)cc1N(CC(=O)Nc1cccc(C(=O)c2ccc(C(C)(C)C)cc2)c1)S(=O)(=O)c1ccc(C)c([N+](=O)[O-])c1. The smallest absolute Gasteiger partial charge is 0.273 e. The molecule has 0 spiro atoms. The van der Waals surface area contributed by atoms with Gasteiger partial charge in [-0.1, -0.05) is 74.8 Å². The summed E-state index contributed by atoms with van der Waals surface area (Å²) in [5.74, 6) is -0.899. The molecule has 0 aliphatic rings. The lowest BCUT2D eigenvalue weighted by atomic mass is 9.86. The quantitative estimate of drug-likeness (QED) is 0.112. The first kappa shape index (κ1) is 33.2. The molecule has 12 heteroatoms. The average molecular weight is 650 g/mol. The molecule has 0 unspecified atom stereocenters. The van der Waals surface area contributed by atoms with Crippen molar-refractivity contribution in [3.8, 4) is 5.75 Å². The summed E-state index contributed by atoms with van der Waals surface area (Å²) in [4.78, 5) is 37.1.